The van der Waals surface area contributed by atoms with Crippen LogP contribution in [0, 0.1) is 0 Å². The van der Waals surface area contributed by atoms with Crippen LogP contribution in [0.2, 0.25) is 5.02 Å². The Kier molecular flexibility index (Phi) is 8.37. The quantitative estimate of drug-likeness (QED) is 0.137. The third-order valence-corrected chi connectivity index (χ3v) is 5.77. The molecule has 0 aliphatic carbocycles. The van der Waals surface area contributed by atoms with Gasteiger partial charge in [0.2, 0.25) is 0 Å². The van der Waals surface area contributed by atoms with Gasteiger partial charge in [-0.1, -0.05) is 23.7 Å². The van der Waals surface area contributed by atoms with Crippen LogP contribution in [0.25, 0.3) is 5.76 Å². The average Bonchev–Trinajstić information content (AvgIpc) is 3.08. The van der Waals surface area contributed by atoms with Crippen LogP contribution in [0.5, 0.6) is 17.2 Å². The number of carbonyl (C=O) groups excluding carboxylic acids is 3. The fourth-order valence-corrected chi connectivity index (χ4v) is 4.15. The van der Waals surface area contributed by atoms with E-state index in [0.717, 1.165) is 0 Å². The Morgan fingerprint density at radius 1 is 1.06 bits per heavy atom. The van der Waals surface area contributed by atoms with Gasteiger partial charge in [0.1, 0.15) is 23.0 Å². The van der Waals surface area contributed by atoms with Crippen molar-refractivity contribution in [3.05, 3.63) is 58.1 Å². The first-order valence-corrected chi connectivity index (χ1v) is 11.1. The number of halogens is 1. The van der Waals surface area contributed by atoms with Crippen LogP contribution in [-0.2, 0) is 19.1 Å². The molecule has 0 bridgehead atoms. The number of ketones is 1. The van der Waals surface area contributed by atoms with E-state index in [-0.39, 0.29) is 28.5 Å². The van der Waals surface area contributed by atoms with Gasteiger partial charge in [-0.05, 0) is 30.2 Å². The molecule has 1 heterocycles. The first kappa shape index (κ1) is 26.1. The Bertz CT molecular complexity index is 1160. The standard InChI is InChI=1S/C25H26ClNO8/c1-14(28)35-16-8-6-15(7-9-16)22-21(24(30)25(31)27(22)10-5-11-32-2)23(29)17-12-18(26)20(34-4)13-19(17)33-3/h6-9,12-13,22,29H,5,10-11H2,1-4H3/b23-21+. The number of Topliss-reactive ketones (excluding diaryl/α,β-unsaturated/α-hetero) is 1. The first-order chi connectivity index (χ1) is 16.7. The lowest BCUT2D eigenvalue weighted by molar-refractivity contribution is -0.140. The number of methoxy groups -OCH3 is 3. The highest BCUT2D eigenvalue weighted by Gasteiger charge is 2.46. The van der Waals surface area contributed by atoms with Crippen LogP contribution in [0.3, 0.4) is 0 Å². The van der Waals surface area contributed by atoms with Gasteiger partial charge < -0.3 is 29.0 Å². The lowest BCUT2D eigenvalue weighted by atomic mass is 9.94. The van der Waals surface area contributed by atoms with Crippen LogP contribution in [0.4, 0.5) is 0 Å². The highest BCUT2D eigenvalue weighted by Crippen LogP contribution is 2.43. The Morgan fingerprint density at radius 2 is 1.71 bits per heavy atom. The van der Waals surface area contributed by atoms with E-state index in [1.807, 2.05) is 0 Å². The molecule has 1 fully saturated rings. The van der Waals surface area contributed by atoms with Crippen LogP contribution < -0.4 is 14.2 Å². The molecule has 3 rings (SSSR count). The second kappa shape index (κ2) is 11.2. The van der Waals surface area contributed by atoms with Gasteiger partial charge in [0, 0.05) is 33.3 Å². The molecule has 1 atom stereocenters. The molecule has 9 nitrogen and oxygen atoms in total. The molecule has 1 unspecified atom stereocenters. The zero-order valence-corrected chi connectivity index (χ0v) is 20.5. The van der Waals surface area contributed by atoms with Gasteiger partial charge in [0.15, 0.2) is 0 Å². The summed E-state index contributed by atoms with van der Waals surface area (Å²) in [7, 11) is 4.37. The van der Waals surface area contributed by atoms with E-state index in [9.17, 15) is 19.5 Å². The fourth-order valence-electron chi connectivity index (χ4n) is 3.91. The molecule has 1 saturated heterocycles. The van der Waals surface area contributed by atoms with Crippen LogP contribution in [0.15, 0.2) is 42.0 Å². The summed E-state index contributed by atoms with van der Waals surface area (Å²) in [4.78, 5) is 38.8. The summed E-state index contributed by atoms with van der Waals surface area (Å²) < 4.78 is 20.8. The molecule has 1 amide bonds. The Labute approximate surface area is 207 Å². The number of aliphatic hydroxyl groups excluding tert-OH is 1. The van der Waals surface area contributed by atoms with Crippen molar-refractivity contribution in [1.82, 2.24) is 4.90 Å². The van der Waals surface area contributed by atoms with Gasteiger partial charge in [-0.3, -0.25) is 14.4 Å². The van der Waals surface area contributed by atoms with Gasteiger partial charge in [0.25, 0.3) is 11.7 Å². The minimum Gasteiger partial charge on any atom is -0.507 e. The zero-order valence-electron chi connectivity index (χ0n) is 19.8. The molecule has 186 valence electrons. The molecule has 1 aliphatic heterocycles. The summed E-state index contributed by atoms with van der Waals surface area (Å²) in [5, 5.41) is 11.5. The van der Waals surface area contributed by atoms with Gasteiger partial charge in [-0.25, -0.2) is 0 Å². The lowest BCUT2D eigenvalue weighted by Gasteiger charge is -2.25. The molecule has 35 heavy (non-hydrogen) atoms. The zero-order chi connectivity index (χ0) is 25.7. The van der Waals surface area contributed by atoms with Gasteiger partial charge in [-0.15, -0.1) is 0 Å². The van der Waals surface area contributed by atoms with Crippen LogP contribution >= 0.6 is 11.6 Å². The smallest absolute Gasteiger partial charge is 0.308 e. The second-order valence-corrected chi connectivity index (χ2v) is 8.10. The number of hydrogen-bond acceptors (Lipinski definition) is 8. The average molecular weight is 504 g/mol. The van der Waals surface area contributed by atoms with Gasteiger partial charge >= 0.3 is 5.97 Å². The SMILES string of the molecule is COCCCN1C(=O)C(=O)/C(=C(/O)c2cc(Cl)c(OC)cc2OC)C1c1ccc(OC(C)=O)cc1. The Hall–Kier alpha value is -3.56. The molecule has 2 aromatic rings. The number of rotatable bonds is 9. The van der Waals surface area contributed by atoms with Crippen LogP contribution in [0.1, 0.15) is 30.5 Å². The van der Waals surface area contributed by atoms with E-state index in [4.69, 9.17) is 30.5 Å². The summed E-state index contributed by atoms with van der Waals surface area (Å²) in [6.45, 7) is 1.88. The predicted octanol–water partition coefficient (Wildman–Crippen LogP) is 3.74. The fraction of sp³-hybridized carbons (Fsp3) is 0.320. The normalized spacial score (nSPS) is 16.9. The summed E-state index contributed by atoms with van der Waals surface area (Å²) in [5.41, 5.74) is 0.555. The van der Waals surface area contributed by atoms with Crippen molar-refractivity contribution in [2.24, 2.45) is 0 Å². The van der Waals surface area contributed by atoms with Crippen molar-refractivity contribution < 1.29 is 38.4 Å². The van der Waals surface area contributed by atoms with Crippen molar-refractivity contribution in [1.29, 1.82) is 0 Å². The predicted molar refractivity (Wildman–Crippen MR) is 128 cm³/mol. The first-order valence-electron chi connectivity index (χ1n) is 10.7. The maximum absolute atomic E-state index is 13.2. The number of ether oxygens (including phenoxy) is 4. The number of amides is 1. The van der Waals surface area contributed by atoms with Crippen molar-refractivity contribution in [3.8, 4) is 17.2 Å². The van der Waals surface area contributed by atoms with Crippen molar-refractivity contribution in [3.63, 3.8) is 0 Å². The number of carbonyl (C=O) groups is 3. The van der Waals surface area contributed by atoms with E-state index in [1.165, 1.54) is 38.2 Å². The number of hydrogen-bond donors (Lipinski definition) is 1. The van der Waals surface area contributed by atoms with Gasteiger partial charge in [0.05, 0.1) is 36.4 Å². The molecule has 10 heteroatoms. The van der Waals surface area contributed by atoms with Crippen molar-refractivity contribution >= 4 is 35.0 Å². The molecule has 1 aliphatic rings. The van der Waals surface area contributed by atoms with Crippen LogP contribution in [-0.4, -0.2) is 62.1 Å². The number of benzene rings is 2. The number of nitrogens with zero attached hydrogens (tertiary/aromatic N) is 1. The maximum Gasteiger partial charge on any atom is 0.308 e. The Morgan fingerprint density at radius 3 is 2.29 bits per heavy atom. The third kappa shape index (κ3) is 5.41. The largest absolute Gasteiger partial charge is 0.507 e. The highest BCUT2D eigenvalue weighted by atomic mass is 35.5. The maximum atomic E-state index is 13.2. The molecular formula is C25H26ClNO8. The molecule has 0 saturated carbocycles. The summed E-state index contributed by atoms with van der Waals surface area (Å²) in [5.74, 6) is -1.68. The number of aliphatic hydroxyl groups is 1. The minimum atomic E-state index is -0.899. The van der Waals surface area contributed by atoms with E-state index in [0.29, 0.717) is 30.1 Å². The number of likely N-dealkylation sites (tertiary alicyclic amines) is 1. The van der Waals surface area contributed by atoms with Gasteiger partial charge in [-0.2, -0.15) is 0 Å². The van der Waals surface area contributed by atoms with E-state index in [1.54, 1.807) is 31.4 Å². The summed E-state index contributed by atoms with van der Waals surface area (Å²) in [6, 6.07) is 8.35. The molecule has 0 aromatic heterocycles. The minimum absolute atomic E-state index is 0.118. The molecule has 2 aromatic carbocycles. The van der Waals surface area contributed by atoms with E-state index in [2.05, 4.69) is 0 Å². The third-order valence-electron chi connectivity index (χ3n) is 5.47. The molecule has 1 N–H and O–H groups in total. The number of esters is 1. The highest BCUT2D eigenvalue weighted by molar-refractivity contribution is 6.46. The lowest BCUT2D eigenvalue weighted by Crippen LogP contribution is -2.31. The second-order valence-electron chi connectivity index (χ2n) is 7.69. The van der Waals surface area contributed by atoms with Crippen molar-refractivity contribution in [2.45, 2.75) is 19.4 Å². The Balaban J connectivity index is 2.17. The van der Waals surface area contributed by atoms with E-state index < -0.39 is 29.5 Å². The summed E-state index contributed by atoms with van der Waals surface area (Å²) >= 11 is 6.27. The molecular weight excluding hydrogens is 478 g/mol. The van der Waals surface area contributed by atoms with Crippen molar-refractivity contribution in [2.75, 3.05) is 34.5 Å². The summed E-state index contributed by atoms with van der Waals surface area (Å²) in [6.07, 6.45) is 0.475. The monoisotopic (exact) mass is 503 g/mol. The van der Waals surface area contributed by atoms with E-state index >= 15 is 0 Å². The molecule has 0 radical (unpaired) electrons. The topological polar surface area (TPSA) is 112 Å². The molecule has 0 spiro atoms.